The molecule has 2 aromatic rings. The molecule has 10 heteroatoms. The van der Waals surface area contributed by atoms with Gasteiger partial charge in [-0.15, -0.1) is 5.10 Å². The molecule has 10 nitrogen and oxygen atoms in total. The van der Waals surface area contributed by atoms with Gasteiger partial charge in [-0.2, -0.15) is 0 Å². The molecule has 0 fully saturated rings. The lowest BCUT2D eigenvalue weighted by Gasteiger charge is -2.17. The summed E-state index contributed by atoms with van der Waals surface area (Å²) in [4.78, 5) is 36.7. The average Bonchev–Trinajstić information content (AvgIpc) is 3.12. The van der Waals surface area contributed by atoms with Crippen molar-refractivity contribution < 1.29 is 28.6 Å². The molecule has 1 aromatic heterocycles. The van der Waals surface area contributed by atoms with Crippen molar-refractivity contribution in [1.29, 1.82) is 0 Å². The van der Waals surface area contributed by atoms with Gasteiger partial charge in [0.25, 0.3) is 0 Å². The molecule has 0 radical (unpaired) electrons. The van der Waals surface area contributed by atoms with Gasteiger partial charge in [-0.05, 0) is 18.6 Å². The molecule has 1 heterocycles. The van der Waals surface area contributed by atoms with E-state index in [1.807, 2.05) is 0 Å². The first-order valence-electron chi connectivity index (χ1n) is 8.03. The van der Waals surface area contributed by atoms with Gasteiger partial charge in [0.1, 0.15) is 11.8 Å². The van der Waals surface area contributed by atoms with E-state index >= 15 is 0 Å². The Balaban J connectivity index is 2.38. The molecule has 1 unspecified atom stereocenters. The summed E-state index contributed by atoms with van der Waals surface area (Å²) in [6, 6.07) is 5.89. The number of ether oxygens (including phenoxy) is 3. The number of nitrogens with one attached hydrogen (secondary N) is 1. The van der Waals surface area contributed by atoms with Crippen molar-refractivity contribution in [2.75, 3.05) is 26.6 Å². The molecule has 0 aliphatic rings. The molecular formula is C17H20N4O6. The van der Waals surface area contributed by atoms with E-state index in [9.17, 15) is 14.4 Å². The number of amides is 1. The van der Waals surface area contributed by atoms with Gasteiger partial charge in [-0.25, -0.2) is 14.3 Å². The Hall–Kier alpha value is -3.43. The third kappa shape index (κ3) is 4.22. The highest BCUT2D eigenvalue weighted by molar-refractivity contribution is 6.01. The van der Waals surface area contributed by atoms with Gasteiger partial charge >= 0.3 is 11.9 Å². The van der Waals surface area contributed by atoms with Crippen LogP contribution in [0.15, 0.2) is 24.3 Å². The predicted octanol–water partition coefficient (Wildman–Crippen LogP) is 1.45. The minimum atomic E-state index is -0.906. The van der Waals surface area contributed by atoms with Crippen molar-refractivity contribution >= 4 is 23.5 Å². The highest BCUT2D eigenvalue weighted by Gasteiger charge is 2.32. The van der Waals surface area contributed by atoms with E-state index in [-0.39, 0.29) is 17.8 Å². The van der Waals surface area contributed by atoms with Gasteiger partial charge in [0.2, 0.25) is 11.6 Å². The Morgan fingerprint density at radius 1 is 1.15 bits per heavy atom. The number of anilines is 1. The number of hydrogen-bond acceptors (Lipinski definition) is 8. The zero-order chi connectivity index (χ0) is 20.0. The normalized spacial score (nSPS) is 11.4. The monoisotopic (exact) mass is 376 g/mol. The fourth-order valence-electron chi connectivity index (χ4n) is 2.43. The summed E-state index contributed by atoms with van der Waals surface area (Å²) in [6.07, 6.45) is 0.282. The third-order valence-electron chi connectivity index (χ3n) is 3.77. The molecule has 2 rings (SSSR count). The number of aromatic nitrogens is 3. The second kappa shape index (κ2) is 8.79. The van der Waals surface area contributed by atoms with E-state index in [1.165, 1.54) is 7.11 Å². The van der Waals surface area contributed by atoms with Crippen molar-refractivity contribution in [2.45, 2.75) is 19.4 Å². The lowest BCUT2D eigenvalue weighted by atomic mass is 10.2. The number of benzene rings is 1. The lowest BCUT2D eigenvalue weighted by molar-refractivity contribution is -0.119. The van der Waals surface area contributed by atoms with Crippen LogP contribution in [0.1, 0.15) is 40.4 Å². The van der Waals surface area contributed by atoms with E-state index in [0.29, 0.717) is 11.4 Å². The van der Waals surface area contributed by atoms with Crippen molar-refractivity contribution in [2.24, 2.45) is 0 Å². The summed E-state index contributed by atoms with van der Waals surface area (Å²) in [7, 11) is 3.81. The second-order valence-corrected chi connectivity index (χ2v) is 5.36. The molecule has 1 atom stereocenters. The Labute approximate surface area is 155 Å². The summed E-state index contributed by atoms with van der Waals surface area (Å²) in [5.74, 6) is -1.58. The zero-order valence-corrected chi connectivity index (χ0v) is 15.4. The van der Waals surface area contributed by atoms with Crippen LogP contribution in [-0.4, -0.2) is 54.2 Å². The first-order chi connectivity index (χ1) is 13.0. The van der Waals surface area contributed by atoms with Crippen LogP contribution < -0.4 is 10.1 Å². The van der Waals surface area contributed by atoms with Crippen LogP contribution in [0.25, 0.3) is 0 Å². The molecule has 0 aliphatic carbocycles. The standard InChI is InChI=1S/C17H20N4O6/c1-5-12(15(22)18-10-7-6-8-11(9-10)25-2)21-14(17(24)27-4)13(19-20-21)16(23)26-3/h6-9,12H,5H2,1-4H3,(H,18,22). The minimum Gasteiger partial charge on any atom is -0.497 e. The van der Waals surface area contributed by atoms with E-state index in [1.54, 1.807) is 31.2 Å². The number of methoxy groups -OCH3 is 3. The Morgan fingerprint density at radius 3 is 2.44 bits per heavy atom. The quantitative estimate of drug-likeness (QED) is 0.721. The molecule has 144 valence electrons. The third-order valence-corrected chi connectivity index (χ3v) is 3.77. The van der Waals surface area contributed by atoms with Crippen LogP contribution in [0.5, 0.6) is 5.75 Å². The molecular weight excluding hydrogens is 356 g/mol. The van der Waals surface area contributed by atoms with E-state index < -0.39 is 23.9 Å². The van der Waals surface area contributed by atoms with Gasteiger partial charge in [0, 0.05) is 11.8 Å². The Bertz CT molecular complexity index is 848. The highest BCUT2D eigenvalue weighted by atomic mass is 16.5. The SMILES string of the molecule is CCC(C(=O)Nc1cccc(OC)c1)n1nnc(C(=O)OC)c1C(=O)OC. The maximum absolute atomic E-state index is 12.7. The molecule has 0 aliphatic heterocycles. The minimum absolute atomic E-state index is 0.253. The smallest absolute Gasteiger partial charge is 0.361 e. The number of carbonyl (C=O) groups excluding carboxylic acids is 3. The van der Waals surface area contributed by atoms with Crippen LogP contribution in [0.2, 0.25) is 0 Å². The number of carbonyl (C=O) groups is 3. The fraction of sp³-hybridized carbons (Fsp3) is 0.353. The van der Waals surface area contributed by atoms with Gasteiger partial charge in [-0.3, -0.25) is 4.79 Å². The molecule has 0 spiro atoms. The van der Waals surface area contributed by atoms with E-state index in [0.717, 1.165) is 18.9 Å². The van der Waals surface area contributed by atoms with Gasteiger partial charge < -0.3 is 19.5 Å². The largest absolute Gasteiger partial charge is 0.497 e. The summed E-state index contributed by atoms with van der Waals surface area (Å²) < 4.78 is 15.5. The summed E-state index contributed by atoms with van der Waals surface area (Å²) in [5, 5.41) is 10.2. The molecule has 27 heavy (non-hydrogen) atoms. The zero-order valence-electron chi connectivity index (χ0n) is 15.4. The molecule has 0 saturated heterocycles. The average molecular weight is 376 g/mol. The van der Waals surface area contributed by atoms with Crippen molar-refractivity contribution in [3.8, 4) is 5.75 Å². The molecule has 1 N–H and O–H groups in total. The lowest BCUT2D eigenvalue weighted by Crippen LogP contribution is -2.29. The fourth-order valence-corrected chi connectivity index (χ4v) is 2.43. The van der Waals surface area contributed by atoms with Crippen molar-refractivity contribution in [3.63, 3.8) is 0 Å². The van der Waals surface area contributed by atoms with Gasteiger partial charge in [0.05, 0.1) is 21.3 Å². The Kier molecular flexibility index (Phi) is 6.47. The highest BCUT2D eigenvalue weighted by Crippen LogP contribution is 2.21. The maximum Gasteiger partial charge on any atom is 0.361 e. The van der Waals surface area contributed by atoms with Crippen LogP contribution in [0, 0.1) is 0 Å². The topological polar surface area (TPSA) is 122 Å². The summed E-state index contributed by atoms with van der Waals surface area (Å²) in [6.45, 7) is 1.73. The first-order valence-corrected chi connectivity index (χ1v) is 8.03. The number of esters is 2. The van der Waals surface area contributed by atoms with E-state index in [2.05, 4.69) is 20.4 Å². The number of hydrogen-bond donors (Lipinski definition) is 1. The van der Waals surface area contributed by atoms with E-state index in [4.69, 9.17) is 9.47 Å². The number of nitrogens with zero attached hydrogens (tertiary/aromatic N) is 3. The Morgan fingerprint density at radius 2 is 1.85 bits per heavy atom. The van der Waals surface area contributed by atoms with Crippen LogP contribution in [0.4, 0.5) is 5.69 Å². The predicted molar refractivity (Wildman–Crippen MR) is 93.7 cm³/mol. The maximum atomic E-state index is 12.7. The number of rotatable bonds is 7. The van der Waals surface area contributed by atoms with Gasteiger partial charge in [-0.1, -0.05) is 18.2 Å². The summed E-state index contributed by atoms with van der Waals surface area (Å²) >= 11 is 0. The van der Waals surface area contributed by atoms with Crippen molar-refractivity contribution in [3.05, 3.63) is 35.7 Å². The van der Waals surface area contributed by atoms with Gasteiger partial charge in [0.15, 0.2) is 5.69 Å². The molecule has 1 aromatic carbocycles. The molecule has 1 amide bonds. The molecule has 0 saturated carbocycles. The van der Waals surface area contributed by atoms with Crippen molar-refractivity contribution in [1.82, 2.24) is 15.0 Å². The van der Waals surface area contributed by atoms with Crippen LogP contribution >= 0.6 is 0 Å². The van der Waals surface area contributed by atoms with Crippen LogP contribution in [-0.2, 0) is 14.3 Å². The first kappa shape index (κ1) is 19.9. The molecule has 0 bridgehead atoms. The summed E-state index contributed by atoms with van der Waals surface area (Å²) in [5.41, 5.74) is -0.0697. The van der Waals surface area contributed by atoms with Crippen LogP contribution in [0.3, 0.4) is 0 Å². The second-order valence-electron chi connectivity index (χ2n) is 5.36.